The van der Waals surface area contributed by atoms with Crippen molar-refractivity contribution in [3.05, 3.63) is 53.0 Å². The number of carbonyl (C=O) groups excluding carboxylic acids is 1. The second-order valence-electron chi connectivity index (χ2n) is 6.88. The lowest BCUT2D eigenvalue weighted by Gasteiger charge is -2.21. The highest BCUT2D eigenvalue weighted by Crippen LogP contribution is 2.33. The van der Waals surface area contributed by atoms with E-state index in [0.29, 0.717) is 33.8 Å². The summed E-state index contributed by atoms with van der Waals surface area (Å²) < 4.78 is 7.44. The summed E-state index contributed by atoms with van der Waals surface area (Å²) in [5.74, 6) is 0.475. The fourth-order valence-electron chi connectivity index (χ4n) is 3.43. The van der Waals surface area contributed by atoms with Crippen LogP contribution >= 0.6 is 9.24 Å². The number of fused-ring (bicyclic) bond motifs is 5. The smallest absolute Gasteiger partial charge is 0.254 e. The van der Waals surface area contributed by atoms with Crippen molar-refractivity contribution >= 4 is 26.3 Å². The largest absolute Gasteiger partial charge is 0.485 e. The summed E-state index contributed by atoms with van der Waals surface area (Å²) in [6.45, 7) is 0.407. The van der Waals surface area contributed by atoms with Gasteiger partial charge in [-0.25, -0.2) is 4.98 Å². The molecule has 0 saturated heterocycles. The van der Waals surface area contributed by atoms with Crippen molar-refractivity contribution in [1.82, 2.24) is 19.7 Å². The molecule has 1 atom stereocenters. The summed E-state index contributed by atoms with van der Waals surface area (Å²) in [7, 11) is 6.03. The topological polar surface area (TPSA) is 110 Å². The molecule has 1 aromatic carbocycles. The molecule has 3 heterocycles. The molecule has 29 heavy (non-hydrogen) atoms. The molecule has 2 N–H and O–H groups in total. The van der Waals surface area contributed by atoms with E-state index in [9.17, 15) is 10.1 Å². The Labute approximate surface area is 170 Å². The van der Waals surface area contributed by atoms with E-state index in [1.165, 1.54) is 4.68 Å². The molecule has 2 bridgehead atoms. The van der Waals surface area contributed by atoms with E-state index in [0.717, 1.165) is 10.9 Å². The first kappa shape index (κ1) is 18.9. The van der Waals surface area contributed by atoms with E-state index in [1.807, 2.05) is 12.1 Å². The molecule has 1 amide bonds. The Balaban J connectivity index is 1.94. The van der Waals surface area contributed by atoms with Crippen molar-refractivity contribution < 1.29 is 9.53 Å². The summed E-state index contributed by atoms with van der Waals surface area (Å²) in [6, 6.07) is 9.48. The second-order valence-corrected chi connectivity index (χ2v) is 7.55. The van der Waals surface area contributed by atoms with Crippen LogP contribution in [0.4, 0.5) is 5.82 Å². The van der Waals surface area contributed by atoms with Crippen LogP contribution in [0.3, 0.4) is 0 Å². The molecule has 146 valence electrons. The van der Waals surface area contributed by atoms with Crippen molar-refractivity contribution in [2.24, 2.45) is 7.05 Å². The minimum atomic E-state index is -0.154. The molecule has 1 unspecified atom stereocenters. The van der Waals surface area contributed by atoms with E-state index < -0.39 is 0 Å². The van der Waals surface area contributed by atoms with Gasteiger partial charge in [-0.15, -0.1) is 9.24 Å². The zero-order valence-electron chi connectivity index (χ0n) is 16.0. The maximum Gasteiger partial charge on any atom is 0.254 e. The predicted molar refractivity (Wildman–Crippen MR) is 111 cm³/mol. The number of nitrogens with two attached hydrogens (primary N) is 1. The molecule has 2 aromatic heterocycles. The summed E-state index contributed by atoms with van der Waals surface area (Å²) in [4.78, 5) is 19.0. The molecular weight excluding hydrogens is 387 g/mol. The first-order valence-corrected chi connectivity index (χ1v) is 9.45. The quantitative estimate of drug-likeness (QED) is 0.568. The fraction of sp³-hybridized carbons (Fsp3) is 0.200. The summed E-state index contributed by atoms with van der Waals surface area (Å²) in [5.41, 5.74) is 9.56. The lowest BCUT2D eigenvalue weighted by molar-refractivity contribution is 0.0780. The first-order valence-electron chi connectivity index (χ1n) is 8.87. The number of ether oxygens (including phenoxy) is 1. The van der Waals surface area contributed by atoms with Crippen LogP contribution in [-0.4, -0.2) is 32.6 Å². The number of nitriles is 1. The van der Waals surface area contributed by atoms with Crippen LogP contribution in [0.5, 0.6) is 5.75 Å². The number of anilines is 1. The predicted octanol–water partition coefficient (Wildman–Crippen LogP) is 1.60. The minimum absolute atomic E-state index is 0.154. The van der Waals surface area contributed by atoms with E-state index in [1.54, 1.807) is 37.3 Å². The maximum atomic E-state index is 13.1. The van der Waals surface area contributed by atoms with Gasteiger partial charge in [0.2, 0.25) is 0 Å². The lowest BCUT2D eigenvalue weighted by atomic mass is 10.0. The van der Waals surface area contributed by atoms with Crippen LogP contribution in [0.2, 0.25) is 0 Å². The van der Waals surface area contributed by atoms with Crippen molar-refractivity contribution in [3.8, 4) is 22.9 Å². The van der Waals surface area contributed by atoms with E-state index in [-0.39, 0.29) is 24.9 Å². The van der Waals surface area contributed by atoms with Gasteiger partial charge in [-0.2, -0.15) is 10.4 Å². The highest BCUT2D eigenvalue weighted by molar-refractivity contribution is 7.27. The van der Waals surface area contributed by atoms with Crippen LogP contribution in [-0.2, 0) is 20.2 Å². The molecule has 4 rings (SSSR count). The lowest BCUT2D eigenvalue weighted by Crippen LogP contribution is -2.28. The van der Waals surface area contributed by atoms with Crippen LogP contribution in [0.1, 0.15) is 27.3 Å². The summed E-state index contributed by atoms with van der Waals surface area (Å²) in [5, 5.41) is 15.1. The van der Waals surface area contributed by atoms with Crippen molar-refractivity contribution in [3.63, 3.8) is 0 Å². The Morgan fingerprint density at radius 2 is 2.10 bits per heavy atom. The Bertz CT molecular complexity index is 1180. The second kappa shape index (κ2) is 7.19. The maximum absolute atomic E-state index is 13.1. The van der Waals surface area contributed by atoms with Crippen molar-refractivity contribution in [1.29, 1.82) is 5.26 Å². The normalized spacial score (nSPS) is 13.4. The molecule has 8 nitrogen and oxygen atoms in total. The number of hydrogen-bond donors (Lipinski definition) is 1. The monoisotopic (exact) mass is 406 g/mol. The average Bonchev–Trinajstić information content (AvgIpc) is 3.01. The number of amides is 1. The van der Waals surface area contributed by atoms with Crippen LogP contribution in [0.15, 0.2) is 30.5 Å². The number of carbonyl (C=O) groups is 1. The molecule has 0 spiro atoms. The van der Waals surface area contributed by atoms with Gasteiger partial charge in [-0.3, -0.25) is 9.48 Å². The number of nitrogen functional groups attached to an aromatic ring is 1. The summed E-state index contributed by atoms with van der Waals surface area (Å²) >= 11 is 0. The first-order chi connectivity index (χ1) is 13.9. The number of nitrogens with zero attached hydrogens (tertiary/aromatic N) is 5. The zero-order valence-corrected chi connectivity index (χ0v) is 17.2. The molecule has 0 fully saturated rings. The molecule has 1 aliphatic heterocycles. The number of benzene rings is 1. The number of pyridine rings is 1. The molecule has 1 aliphatic rings. The third-order valence-corrected chi connectivity index (χ3v) is 5.23. The Hall–Kier alpha value is -3.43. The molecule has 9 heteroatoms. The van der Waals surface area contributed by atoms with Crippen LogP contribution < -0.4 is 15.8 Å². The Morgan fingerprint density at radius 1 is 1.31 bits per heavy atom. The number of aryl methyl sites for hydroxylation is 1. The third-order valence-electron chi connectivity index (χ3n) is 4.87. The molecular formula is C20H19N6O2P. The highest BCUT2D eigenvalue weighted by Gasteiger charge is 2.24. The number of rotatable bonds is 0. The SMILES string of the molecule is CN1Cc2nn(C)c(C#N)c2-c2cnc(N)c(c2)OCc2cc(P)ccc2C1=O. The van der Waals surface area contributed by atoms with Gasteiger partial charge in [0.1, 0.15) is 18.4 Å². The van der Waals surface area contributed by atoms with Gasteiger partial charge in [0.25, 0.3) is 5.91 Å². The highest BCUT2D eigenvalue weighted by atomic mass is 31.0. The van der Waals surface area contributed by atoms with E-state index >= 15 is 0 Å². The third kappa shape index (κ3) is 3.30. The molecule has 0 saturated carbocycles. The summed E-state index contributed by atoms with van der Waals surface area (Å²) in [6.07, 6.45) is 1.59. The van der Waals surface area contributed by atoms with Crippen LogP contribution in [0, 0.1) is 11.3 Å². The Kier molecular flexibility index (Phi) is 4.69. The molecule has 0 radical (unpaired) electrons. The van der Waals surface area contributed by atoms with Gasteiger partial charge in [0.05, 0.1) is 12.2 Å². The van der Waals surface area contributed by atoms with Gasteiger partial charge >= 0.3 is 0 Å². The van der Waals surface area contributed by atoms with Crippen LogP contribution in [0.25, 0.3) is 11.1 Å². The van der Waals surface area contributed by atoms with E-state index in [4.69, 9.17) is 10.5 Å². The van der Waals surface area contributed by atoms with Gasteiger partial charge in [0.15, 0.2) is 11.6 Å². The van der Waals surface area contributed by atoms with Gasteiger partial charge < -0.3 is 15.4 Å². The van der Waals surface area contributed by atoms with Crippen molar-refractivity contribution in [2.75, 3.05) is 12.8 Å². The minimum Gasteiger partial charge on any atom is -0.485 e. The zero-order chi connectivity index (χ0) is 20.7. The number of hydrogen-bond acceptors (Lipinski definition) is 6. The van der Waals surface area contributed by atoms with Gasteiger partial charge in [-0.1, -0.05) is 6.07 Å². The van der Waals surface area contributed by atoms with Crippen molar-refractivity contribution in [2.45, 2.75) is 13.2 Å². The Morgan fingerprint density at radius 3 is 2.86 bits per heavy atom. The standard InChI is InChI=1S/C20H19N6O2P/c1-25-9-15-18(16(7-21)26(2)24-15)11-6-17(19(22)23-8-11)28-10-12-5-13(29)3-4-14(12)20(25)27/h3-6,8H,9-10,29H2,1-2H3,(H2,22,23). The fourth-order valence-corrected chi connectivity index (χ4v) is 3.73. The molecule has 3 aromatic rings. The van der Waals surface area contributed by atoms with E-state index in [2.05, 4.69) is 25.4 Å². The molecule has 0 aliphatic carbocycles. The average molecular weight is 406 g/mol. The van der Waals surface area contributed by atoms with Gasteiger partial charge in [-0.05, 0) is 23.5 Å². The van der Waals surface area contributed by atoms with Gasteiger partial charge in [0, 0.05) is 42.5 Å². The number of aromatic nitrogens is 3.